The third kappa shape index (κ3) is 3.57. The van der Waals surface area contributed by atoms with Crippen LogP contribution in [0.2, 0.25) is 0 Å². The van der Waals surface area contributed by atoms with E-state index >= 15 is 0 Å². The van der Waals surface area contributed by atoms with E-state index in [9.17, 15) is 4.79 Å². The van der Waals surface area contributed by atoms with Crippen molar-refractivity contribution in [2.75, 3.05) is 0 Å². The highest BCUT2D eigenvalue weighted by Gasteiger charge is 2.08. The van der Waals surface area contributed by atoms with Crippen LogP contribution in [0.1, 0.15) is 23.7 Å². The zero-order valence-electron chi connectivity index (χ0n) is 10.3. The lowest BCUT2D eigenvalue weighted by atomic mass is 10.2. The Morgan fingerprint density at radius 2 is 2.21 bits per heavy atom. The van der Waals surface area contributed by atoms with Gasteiger partial charge in [-0.25, -0.2) is 4.79 Å². The number of halogens is 1. The standard InChI is InChI=1S/C13H13BrN2O3/c1-2-3-16-8-12(7-15-16)19-11-5-9(13(17)18)4-10(14)6-11/h4-8H,2-3H2,1H3,(H,17,18). The van der Waals surface area contributed by atoms with Crippen molar-refractivity contribution in [1.29, 1.82) is 0 Å². The Morgan fingerprint density at radius 3 is 2.89 bits per heavy atom. The molecule has 2 rings (SSSR count). The molecule has 0 atom stereocenters. The topological polar surface area (TPSA) is 64.3 Å². The third-order valence-corrected chi connectivity index (χ3v) is 2.87. The van der Waals surface area contributed by atoms with E-state index in [0.29, 0.717) is 16.0 Å². The Labute approximate surface area is 118 Å². The van der Waals surface area contributed by atoms with Crippen LogP contribution in [0.25, 0.3) is 0 Å². The fraction of sp³-hybridized carbons (Fsp3) is 0.231. The molecule has 0 bridgehead atoms. The van der Waals surface area contributed by atoms with E-state index in [2.05, 4.69) is 28.0 Å². The zero-order valence-corrected chi connectivity index (χ0v) is 11.9. The number of aromatic nitrogens is 2. The smallest absolute Gasteiger partial charge is 0.335 e. The van der Waals surface area contributed by atoms with Gasteiger partial charge in [-0.2, -0.15) is 5.10 Å². The normalized spacial score (nSPS) is 10.4. The highest BCUT2D eigenvalue weighted by molar-refractivity contribution is 9.10. The molecular formula is C13H13BrN2O3. The molecule has 0 aliphatic heterocycles. The predicted molar refractivity (Wildman–Crippen MR) is 73.7 cm³/mol. The second kappa shape index (κ2) is 5.88. The number of nitrogens with zero attached hydrogens (tertiary/aromatic N) is 2. The van der Waals surface area contributed by atoms with E-state index < -0.39 is 5.97 Å². The largest absolute Gasteiger partial charge is 0.478 e. The minimum atomic E-state index is -0.993. The summed E-state index contributed by atoms with van der Waals surface area (Å²) < 4.78 is 8.04. The van der Waals surface area contributed by atoms with Gasteiger partial charge in [0.05, 0.1) is 18.0 Å². The third-order valence-electron chi connectivity index (χ3n) is 2.42. The van der Waals surface area contributed by atoms with Gasteiger partial charge in [-0.1, -0.05) is 22.9 Å². The van der Waals surface area contributed by atoms with Crippen molar-refractivity contribution in [1.82, 2.24) is 9.78 Å². The van der Waals surface area contributed by atoms with Crippen LogP contribution in [-0.4, -0.2) is 20.9 Å². The van der Waals surface area contributed by atoms with Crippen molar-refractivity contribution < 1.29 is 14.6 Å². The second-order valence-electron chi connectivity index (χ2n) is 4.02. The number of ether oxygens (including phenoxy) is 1. The van der Waals surface area contributed by atoms with Gasteiger partial charge in [-0.3, -0.25) is 4.68 Å². The SMILES string of the molecule is CCCn1cc(Oc2cc(Br)cc(C(=O)O)c2)cn1. The van der Waals surface area contributed by atoms with Crippen LogP contribution >= 0.6 is 15.9 Å². The molecule has 0 unspecified atom stereocenters. The molecule has 0 aliphatic carbocycles. The van der Waals surface area contributed by atoms with Gasteiger partial charge in [0.2, 0.25) is 0 Å². The molecule has 0 aliphatic rings. The van der Waals surface area contributed by atoms with Gasteiger partial charge in [0, 0.05) is 11.0 Å². The van der Waals surface area contributed by atoms with E-state index in [1.807, 2.05) is 0 Å². The van der Waals surface area contributed by atoms with Crippen LogP contribution in [0.3, 0.4) is 0 Å². The number of hydrogen-bond donors (Lipinski definition) is 1. The molecule has 0 fully saturated rings. The minimum absolute atomic E-state index is 0.172. The second-order valence-corrected chi connectivity index (χ2v) is 4.94. The van der Waals surface area contributed by atoms with Gasteiger partial charge in [-0.05, 0) is 24.6 Å². The molecule has 0 amide bonds. The maximum absolute atomic E-state index is 11.0. The zero-order chi connectivity index (χ0) is 13.8. The summed E-state index contributed by atoms with van der Waals surface area (Å²) in [5.74, 6) is 0.0542. The molecule has 1 aromatic heterocycles. The van der Waals surface area contributed by atoms with Gasteiger partial charge < -0.3 is 9.84 Å². The number of carboxylic acids is 1. The van der Waals surface area contributed by atoms with Crippen LogP contribution in [0.15, 0.2) is 35.1 Å². The molecule has 0 spiro atoms. The van der Waals surface area contributed by atoms with Crippen LogP contribution in [0.4, 0.5) is 0 Å². The molecule has 1 aromatic carbocycles. The van der Waals surface area contributed by atoms with Crippen molar-refractivity contribution in [3.05, 3.63) is 40.6 Å². The summed E-state index contributed by atoms with van der Waals surface area (Å²) in [6, 6.07) is 4.71. The van der Waals surface area contributed by atoms with E-state index in [1.165, 1.54) is 12.1 Å². The first-order chi connectivity index (χ1) is 9.08. The molecule has 0 radical (unpaired) electrons. The Kier molecular flexibility index (Phi) is 4.21. The average Bonchev–Trinajstić information content (AvgIpc) is 2.76. The molecule has 1 N–H and O–H groups in total. The minimum Gasteiger partial charge on any atom is -0.478 e. The molecule has 5 nitrogen and oxygen atoms in total. The number of benzene rings is 1. The summed E-state index contributed by atoms with van der Waals surface area (Å²) in [5, 5.41) is 13.1. The molecule has 100 valence electrons. The van der Waals surface area contributed by atoms with Gasteiger partial charge in [0.1, 0.15) is 5.75 Å². The van der Waals surface area contributed by atoms with Crippen molar-refractivity contribution in [2.45, 2.75) is 19.9 Å². The van der Waals surface area contributed by atoms with Crippen molar-refractivity contribution in [3.63, 3.8) is 0 Å². The Hall–Kier alpha value is -1.82. The summed E-state index contributed by atoms with van der Waals surface area (Å²) in [7, 11) is 0. The monoisotopic (exact) mass is 324 g/mol. The first-order valence-corrected chi connectivity index (χ1v) is 6.62. The molecule has 0 saturated carbocycles. The summed E-state index contributed by atoms with van der Waals surface area (Å²) in [6.07, 6.45) is 4.38. The lowest BCUT2D eigenvalue weighted by Crippen LogP contribution is -1.97. The molecule has 0 saturated heterocycles. The van der Waals surface area contributed by atoms with Crippen LogP contribution < -0.4 is 4.74 Å². The molecule has 2 aromatic rings. The lowest BCUT2D eigenvalue weighted by Gasteiger charge is -2.05. The highest BCUT2D eigenvalue weighted by Crippen LogP contribution is 2.26. The average molecular weight is 325 g/mol. The van der Waals surface area contributed by atoms with Crippen LogP contribution in [0.5, 0.6) is 11.5 Å². The van der Waals surface area contributed by atoms with Gasteiger partial charge in [-0.15, -0.1) is 0 Å². The van der Waals surface area contributed by atoms with E-state index in [-0.39, 0.29) is 5.56 Å². The lowest BCUT2D eigenvalue weighted by molar-refractivity contribution is 0.0696. The van der Waals surface area contributed by atoms with Gasteiger partial charge in [0.25, 0.3) is 0 Å². The number of rotatable bonds is 5. The first-order valence-electron chi connectivity index (χ1n) is 5.82. The van der Waals surface area contributed by atoms with Crippen LogP contribution in [-0.2, 0) is 6.54 Å². The number of hydrogen-bond acceptors (Lipinski definition) is 3. The van der Waals surface area contributed by atoms with E-state index in [1.54, 1.807) is 23.1 Å². The molecule has 6 heteroatoms. The number of aromatic carboxylic acids is 1. The van der Waals surface area contributed by atoms with Crippen molar-refractivity contribution in [3.8, 4) is 11.5 Å². The maximum atomic E-state index is 11.0. The number of carbonyl (C=O) groups is 1. The number of aryl methyl sites for hydroxylation is 1. The molecule has 1 heterocycles. The molecular weight excluding hydrogens is 312 g/mol. The predicted octanol–water partition coefficient (Wildman–Crippen LogP) is 3.55. The highest BCUT2D eigenvalue weighted by atomic mass is 79.9. The van der Waals surface area contributed by atoms with E-state index in [4.69, 9.17) is 9.84 Å². The maximum Gasteiger partial charge on any atom is 0.335 e. The van der Waals surface area contributed by atoms with Crippen LogP contribution in [0, 0.1) is 0 Å². The summed E-state index contributed by atoms with van der Waals surface area (Å²) in [6.45, 7) is 2.89. The summed E-state index contributed by atoms with van der Waals surface area (Å²) >= 11 is 3.26. The Morgan fingerprint density at radius 1 is 1.42 bits per heavy atom. The van der Waals surface area contributed by atoms with Crippen molar-refractivity contribution in [2.24, 2.45) is 0 Å². The van der Waals surface area contributed by atoms with Gasteiger partial charge >= 0.3 is 5.97 Å². The Balaban J connectivity index is 2.19. The Bertz CT molecular complexity index is 595. The molecule has 19 heavy (non-hydrogen) atoms. The fourth-order valence-electron chi connectivity index (χ4n) is 1.63. The quantitative estimate of drug-likeness (QED) is 0.913. The fourth-order valence-corrected chi connectivity index (χ4v) is 2.10. The van der Waals surface area contributed by atoms with Crippen molar-refractivity contribution >= 4 is 21.9 Å². The van der Waals surface area contributed by atoms with Gasteiger partial charge in [0.15, 0.2) is 5.75 Å². The first kappa shape index (κ1) is 13.6. The van der Waals surface area contributed by atoms with E-state index in [0.717, 1.165) is 13.0 Å². The summed E-state index contributed by atoms with van der Waals surface area (Å²) in [4.78, 5) is 11.0. The summed E-state index contributed by atoms with van der Waals surface area (Å²) in [5.41, 5.74) is 0.172. The number of carboxylic acid groups (broad SMARTS) is 1.